The first-order chi connectivity index (χ1) is 10.6. The molecule has 22 heavy (non-hydrogen) atoms. The molecule has 0 aliphatic rings. The van der Waals surface area contributed by atoms with Crippen molar-refractivity contribution in [3.05, 3.63) is 46.4 Å². The molecule has 2 aromatic heterocycles. The molecular weight excluding hydrogens is 303 g/mol. The second kappa shape index (κ2) is 6.18. The Morgan fingerprint density at radius 1 is 1.36 bits per heavy atom. The lowest BCUT2D eigenvalue weighted by molar-refractivity contribution is 0.629. The van der Waals surface area contributed by atoms with Crippen LogP contribution in [0.25, 0.3) is 5.69 Å². The molecule has 0 radical (unpaired) electrons. The molecule has 3 rings (SSSR count). The van der Waals surface area contributed by atoms with Crippen LogP contribution in [-0.4, -0.2) is 25.2 Å². The number of rotatable bonds is 5. The summed E-state index contributed by atoms with van der Waals surface area (Å²) in [6, 6.07) is 4.68. The van der Waals surface area contributed by atoms with Crippen LogP contribution in [-0.2, 0) is 6.54 Å². The van der Waals surface area contributed by atoms with Crippen LogP contribution in [0.2, 0.25) is 0 Å². The second-order valence-electron chi connectivity index (χ2n) is 5.10. The third-order valence-electron chi connectivity index (χ3n) is 3.09. The predicted molar refractivity (Wildman–Crippen MR) is 82.6 cm³/mol. The number of nitrogens with one attached hydrogen (secondary N) is 1. The van der Waals surface area contributed by atoms with Crippen molar-refractivity contribution in [1.29, 1.82) is 0 Å². The predicted octanol–water partition coefficient (Wildman–Crippen LogP) is 2.99. The van der Waals surface area contributed by atoms with E-state index >= 15 is 0 Å². The molecule has 0 aliphatic carbocycles. The van der Waals surface area contributed by atoms with Crippen LogP contribution in [0.3, 0.4) is 0 Å². The van der Waals surface area contributed by atoms with E-state index in [1.54, 1.807) is 23.5 Å². The van der Waals surface area contributed by atoms with E-state index in [4.69, 9.17) is 0 Å². The fourth-order valence-electron chi connectivity index (χ4n) is 1.93. The van der Waals surface area contributed by atoms with E-state index < -0.39 is 0 Å². The van der Waals surface area contributed by atoms with E-state index in [2.05, 4.69) is 39.7 Å². The maximum absolute atomic E-state index is 13.9. The third-order valence-corrected chi connectivity index (χ3v) is 4.28. The van der Waals surface area contributed by atoms with Crippen molar-refractivity contribution >= 4 is 17.0 Å². The van der Waals surface area contributed by atoms with E-state index in [1.807, 2.05) is 5.38 Å². The van der Waals surface area contributed by atoms with Gasteiger partial charge in [0.1, 0.15) is 12.1 Å². The number of aromatic nitrogens is 5. The molecule has 1 aromatic carbocycles. The molecule has 0 saturated carbocycles. The van der Waals surface area contributed by atoms with E-state index in [0.29, 0.717) is 23.8 Å². The summed E-state index contributed by atoms with van der Waals surface area (Å²) in [5, 5.41) is 17.1. The van der Waals surface area contributed by atoms with Crippen molar-refractivity contribution in [3.63, 3.8) is 0 Å². The highest BCUT2D eigenvalue weighted by Gasteiger charge is 2.08. The Balaban J connectivity index is 1.75. The number of benzene rings is 1. The van der Waals surface area contributed by atoms with Gasteiger partial charge in [-0.2, -0.15) is 0 Å². The van der Waals surface area contributed by atoms with Gasteiger partial charge in [-0.25, -0.2) is 14.1 Å². The molecular formula is C14H15FN6S. The van der Waals surface area contributed by atoms with Crippen LogP contribution in [0.5, 0.6) is 0 Å². The topological polar surface area (TPSA) is 68.5 Å². The highest BCUT2D eigenvalue weighted by atomic mass is 32.1. The van der Waals surface area contributed by atoms with E-state index in [9.17, 15) is 4.39 Å². The van der Waals surface area contributed by atoms with Crippen molar-refractivity contribution in [2.75, 3.05) is 5.32 Å². The molecule has 0 spiro atoms. The summed E-state index contributed by atoms with van der Waals surface area (Å²) in [5.74, 6) is 0.0785. The molecule has 0 bridgehead atoms. The molecule has 8 heteroatoms. The quantitative estimate of drug-likeness (QED) is 0.783. The zero-order valence-electron chi connectivity index (χ0n) is 12.2. The van der Waals surface area contributed by atoms with Gasteiger partial charge in [-0.15, -0.1) is 16.4 Å². The lowest BCUT2D eigenvalue weighted by Gasteiger charge is -2.08. The largest absolute Gasteiger partial charge is 0.377 e. The highest BCUT2D eigenvalue weighted by molar-refractivity contribution is 7.09. The van der Waals surface area contributed by atoms with Crippen LogP contribution in [0.4, 0.5) is 10.1 Å². The van der Waals surface area contributed by atoms with Crippen molar-refractivity contribution in [1.82, 2.24) is 25.2 Å². The van der Waals surface area contributed by atoms with Crippen LogP contribution in [0.1, 0.15) is 30.5 Å². The van der Waals surface area contributed by atoms with Gasteiger partial charge in [0.15, 0.2) is 0 Å². The van der Waals surface area contributed by atoms with Gasteiger partial charge in [0.2, 0.25) is 0 Å². The summed E-state index contributed by atoms with van der Waals surface area (Å²) >= 11 is 1.62. The van der Waals surface area contributed by atoms with E-state index in [1.165, 1.54) is 17.1 Å². The Hall–Kier alpha value is -2.35. The molecule has 3 aromatic rings. The van der Waals surface area contributed by atoms with Gasteiger partial charge in [-0.3, -0.25) is 0 Å². The van der Waals surface area contributed by atoms with Crippen molar-refractivity contribution in [2.24, 2.45) is 0 Å². The fourth-order valence-corrected chi connectivity index (χ4v) is 2.76. The van der Waals surface area contributed by atoms with Gasteiger partial charge in [0, 0.05) is 11.3 Å². The molecule has 0 aliphatic heterocycles. The normalized spacial score (nSPS) is 11.1. The molecule has 2 heterocycles. The monoisotopic (exact) mass is 318 g/mol. The number of anilines is 1. The third kappa shape index (κ3) is 3.11. The molecule has 6 nitrogen and oxygen atoms in total. The molecule has 0 unspecified atom stereocenters. The van der Waals surface area contributed by atoms with Gasteiger partial charge in [-0.1, -0.05) is 13.8 Å². The summed E-state index contributed by atoms with van der Waals surface area (Å²) in [6.07, 6.45) is 1.46. The van der Waals surface area contributed by atoms with E-state index in [0.717, 1.165) is 10.7 Å². The van der Waals surface area contributed by atoms with Crippen molar-refractivity contribution < 1.29 is 4.39 Å². The maximum atomic E-state index is 13.9. The Morgan fingerprint density at radius 2 is 2.23 bits per heavy atom. The summed E-state index contributed by atoms with van der Waals surface area (Å²) in [4.78, 5) is 4.52. The summed E-state index contributed by atoms with van der Waals surface area (Å²) < 4.78 is 15.4. The average Bonchev–Trinajstić information content (AvgIpc) is 3.18. The SMILES string of the molecule is CC(C)c1nc(CNc2cc(-n3cnnn3)ccc2F)cs1. The Bertz CT molecular complexity index is 753. The number of halogens is 1. The van der Waals surface area contributed by atoms with Gasteiger partial charge in [0.25, 0.3) is 0 Å². The first-order valence-corrected chi connectivity index (χ1v) is 7.72. The first-order valence-electron chi connectivity index (χ1n) is 6.84. The minimum Gasteiger partial charge on any atom is -0.377 e. The summed E-state index contributed by atoms with van der Waals surface area (Å²) in [7, 11) is 0. The number of tetrazole rings is 1. The smallest absolute Gasteiger partial charge is 0.146 e. The maximum Gasteiger partial charge on any atom is 0.146 e. The van der Waals surface area contributed by atoms with Crippen molar-refractivity contribution in [2.45, 2.75) is 26.3 Å². The van der Waals surface area contributed by atoms with Crippen LogP contribution >= 0.6 is 11.3 Å². The van der Waals surface area contributed by atoms with Gasteiger partial charge in [0.05, 0.1) is 28.6 Å². The molecule has 1 N–H and O–H groups in total. The fraction of sp³-hybridized carbons (Fsp3) is 0.286. The number of thiazole rings is 1. The summed E-state index contributed by atoms with van der Waals surface area (Å²) in [6.45, 7) is 4.68. The lowest BCUT2D eigenvalue weighted by atomic mass is 10.2. The van der Waals surface area contributed by atoms with Crippen LogP contribution in [0, 0.1) is 5.82 Å². The highest BCUT2D eigenvalue weighted by Crippen LogP contribution is 2.22. The Morgan fingerprint density at radius 3 is 2.91 bits per heavy atom. The zero-order chi connectivity index (χ0) is 15.5. The molecule has 0 atom stereocenters. The van der Waals surface area contributed by atoms with Crippen molar-refractivity contribution in [3.8, 4) is 5.69 Å². The van der Waals surface area contributed by atoms with Crippen LogP contribution in [0.15, 0.2) is 29.9 Å². The minimum absolute atomic E-state index is 0.323. The van der Waals surface area contributed by atoms with Crippen LogP contribution < -0.4 is 5.32 Å². The number of hydrogen-bond acceptors (Lipinski definition) is 6. The second-order valence-corrected chi connectivity index (χ2v) is 5.99. The molecule has 114 valence electrons. The average molecular weight is 318 g/mol. The Kier molecular flexibility index (Phi) is 4.10. The standard InChI is InChI=1S/C14H15FN6S/c1-9(2)14-18-10(7-22-14)6-16-13-5-11(3-4-12(13)15)21-8-17-19-20-21/h3-5,7-9,16H,6H2,1-2H3. The number of hydrogen-bond donors (Lipinski definition) is 1. The van der Waals surface area contributed by atoms with Gasteiger partial charge < -0.3 is 5.32 Å². The molecule has 0 saturated heterocycles. The van der Waals surface area contributed by atoms with Gasteiger partial charge >= 0.3 is 0 Å². The van der Waals surface area contributed by atoms with Gasteiger partial charge in [-0.05, 0) is 28.6 Å². The molecule has 0 amide bonds. The minimum atomic E-state index is -0.323. The lowest BCUT2D eigenvalue weighted by Crippen LogP contribution is -2.04. The number of nitrogens with zero attached hydrogens (tertiary/aromatic N) is 5. The zero-order valence-corrected chi connectivity index (χ0v) is 13.0. The first kappa shape index (κ1) is 14.6. The summed E-state index contributed by atoms with van der Waals surface area (Å²) in [5.41, 5.74) is 1.99. The molecule has 0 fully saturated rings. The van der Waals surface area contributed by atoms with E-state index in [-0.39, 0.29) is 5.82 Å². The Labute approximate surface area is 131 Å².